The number of rotatable bonds is 6. The van der Waals surface area contributed by atoms with Gasteiger partial charge in [-0.15, -0.1) is 0 Å². The molecule has 2 N–H and O–H groups in total. The zero-order valence-electron chi connectivity index (χ0n) is 21.7. The van der Waals surface area contributed by atoms with Crippen molar-refractivity contribution in [3.63, 3.8) is 0 Å². The normalized spacial score (nSPS) is 22.1. The Bertz CT molecular complexity index is 1610. The number of amides is 2. The van der Waals surface area contributed by atoms with Crippen LogP contribution in [0.2, 0.25) is 0 Å². The molecule has 3 heterocycles. The molecule has 0 atom stereocenters. The summed E-state index contributed by atoms with van der Waals surface area (Å²) in [5.41, 5.74) is 6.46. The van der Waals surface area contributed by atoms with Crippen molar-refractivity contribution in [1.29, 1.82) is 0 Å². The molecule has 13 heteroatoms. The highest BCUT2D eigenvalue weighted by molar-refractivity contribution is 5.98. The summed E-state index contributed by atoms with van der Waals surface area (Å²) in [6, 6.07) is 6.28. The second kappa shape index (κ2) is 9.07. The lowest BCUT2D eigenvalue weighted by atomic mass is 9.52. The maximum absolute atomic E-state index is 13.1. The van der Waals surface area contributed by atoms with Gasteiger partial charge < -0.3 is 15.4 Å². The highest BCUT2D eigenvalue weighted by Crippen LogP contribution is 2.58. The Balaban J connectivity index is 1.05. The van der Waals surface area contributed by atoms with E-state index in [1.807, 2.05) is 0 Å². The fraction of sp³-hybridized carbons (Fsp3) is 0.370. The van der Waals surface area contributed by atoms with Crippen LogP contribution < -0.4 is 10.5 Å². The van der Waals surface area contributed by atoms with E-state index in [2.05, 4.69) is 15.2 Å². The fourth-order valence-electron chi connectivity index (χ4n) is 5.77. The molecule has 40 heavy (non-hydrogen) atoms. The van der Waals surface area contributed by atoms with E-state index >= 15 is 0 Å². The number of fused-ring (bicyclic) bond motifs is 1. The minimum atomic E-state index is -4.42. The number of carbonyl (C=O) groups is 2. The van der Waals surface area contributed by atoms with Crippen LogP contribution >= 0.6 is 0 Å². The van der Waals surface area contributed by atoms with E-state index in [4.69, 9.17) is 10.5 Å². The van der Waals surface area contributed by atoms with Crippen LogP contribution in [0.25, 0.3) is 16.7 Å². The van der Waals surface area contributed by atoms with Crippen molar-refractivity contribution in [2.45, 2.75) is 44.0 Å². The van der Waals surface area contributed by atoms with Crippen molar-refractivity contribution in [1.82, 2.24) is 29.4 Å². The van der Waals surface area contributed by atoms with Crippen molar-refractivity contribution in [2.75, 3.05) is 7.05 Å². The largest absolute Gasteiger partial charge is 0.474 e. The molecule has 4 aromatic rings. The van der Waals surface area contributed by atoms with Crippen LogP contribution in [0.15, 0.2) is 48.9 Å². The van der Waals surface area contributed by atoms with Gasteiger partial charge in [-0.25, -0.2) is 4.68 Å². The van der Waals surface area contributed by atoms with E-state index in [9.17, 15) is 22.8 Å². The summed E-state index contributed by atoms with van der Waals surface area (Å²) < 4.78 is 47.6. The van der Waals surface area contributed by atoms with Crippen LogP contribution in [0.3, 0.4) is 0 Å². The fourth-order valence-corrected chi connectivity index (χ4v) is 5.77. The molecule has 208 valence electrons. The Morgan fingerprint density at radius 1 is 1.10 bits per heavy atom. The molecule has 1 spiro atoms. The van der Waals surface area contributed by atoms with Crippen molar-refractivity contribution in [2.24, 2.45) is 18.2 Å². The minimum Gasteiger partial charge on any atom is -0.474 e. The Labute approximate surface area is 226 Å². The van der Waals surface area contributed by atoms with E-state index in [0.717, 1.165) is 37.8 Å². The molecule has 2 fully saturated rings. The number of aromatic nitrogens is 5. The summed E-state index contributed by atoms with van der Waals surface area (Å²) in [6.07, 6.45) is 3.21. The predicted molar refractivity (Wildman–Crippen MR) is 137 cm³/mol. The average Bonchev–Trinajstić information content (AvgIpc) is 3.50. The van der Waals surface area contributed by atoms with E-state index < -0.39 is 17.6 Å². The molecule has 2 aliphatic rings. The Morgan fingerprint density at radius 3 is 2.45 bits per heavy atom. The standard InChI is InChI=1S/C27H26F3N7O3/c1-35(25(39)16-13-33-37(14-16)18-5-3-17(4-6-18)27(28,29)30)19-8-26(9-19)10-20(11-26)40-24-21(22(31)38)7-15-12-32-36(2)23(15)34-24/h3-7,12-14,19-20H,8-11H2,1-2H3,(H2,31,38). The molecule has 1 aromatic carbocycles. The molecule has 0 unspecified atom stereocenters. The molecule has 2 saturated carbocycles. The number of halogens is 3. The van der Waals surface area contributed by atoms with E-state index in [1.165, 1.54) is 29.2 Å². The predicted octanol–water partition coefficient (Wildman–Crippen LogP) is 3.73. The molecule has 2 aliphatic carbocycles. The molecule has 3 aromatic heterocycles. The van der Waals surface area contributed by atoms with Gasteiger partial charge in [0.05, 0.1) is 29.2 Å². The Kier molecular flexibility index (Phi) is 5.86. The first kappa shape index (κ1) is 25.8. The van der Waals surface area contributed by atoms with Crippen molar-refractivity contribution in [3.05, 3.63) is 65.6 Å². The first-order valence-corrected chi connectivity index (χ1v) is 12.7. The smallest absolute Gasteiger partial charge is 0.416 e. The summed E-state index contributed by atoms with van der Waals surface area (Å²) in [6.45, 7) is 0. The Hall–Kier alpha value is -4.42. The van der Waals surface area contributed by atoms with Gasteiger partial charge in [0.15, 0.2) is 5.65 Å². The highest BCUT2D eigenvalue weighted by atomic mass is 19.4. The van der Waals surface area contributed by atoms with Crippen molar-refractivity contribution >= 4 is 22.8 Å². The second-order valence-corrected chi connectivity index (χ2v) is 10.7. The quantitative estimate of drug-likeness (QED) is 0.388. The number of nitrogens with two attached hydrogens (primary N) is 1. The molecule has 0 saturated heterocycles. The first-order chi connectivity index (χ1) is 18.9. The summed E-state index contributed by atoms with van der Waals surface area (Å²) >= 11 is 0. The summed E-state index contributed by atoms with van der Waals surface area (Å²) in [4.78, 5) is 31.2. The van der Waals surface area contributed by atoms with Crippen LogP contribution in [0.4, 0.5) is 13.2 Å². The lowest BCUT2D eigenvalue weighted by molar-refractivity contribution is -0.137. The van der Waals surface area contributed by atoms with Gasteiger partial charge >= 0.3 is 6.18 Å². The molecule has 0 radical (unpaired) electrons. The zero-order valence-corrected chi connectivity index (χ0v) is 21.7. The van der Waals surface area contributed by atoms with E-state index in [0.29, 0.717) is 22.3 Å². The van der Waals surface area contributed by atoms with Gasteiger partial charge in [-0.3, -0.25) is 14.3 Å². The minimum absolute atomic E-state index is 0.0490. The van der Waals surface area contributed by atoms with Crippen molar-refractivity contribution in [3.8, 4) is 11.6 Å². The van der Waals surface area contributed by atoms with Gasteiger partial charge in [0.25, 0.3) is 11.8 Å². The van der Waals surface area contributed by atoms with Gasteiger partial charge in [0.1, 0.15) is 11.7 Å². The maximum Gasteiger partial charge on any atom is 0.416 e. The molecule has 2 amide bonds. The summed E-state index contributed by atoms with van der Waals surface area (Å²) in [5.74, 6) is -0.616. The lowest BCUT2D eigenvalue weighted by Gasteiger charge is -2.58. The Morgan fingerprint density at radius 2 is 1.80 bits per heavy atom. The third kappa shape index (κ3) is 4.44. The van der Waals surface area contributed by atoms with Gasteiger partial charge in [0, 0.05) is 31.7 Å². The first-order valence-electron chi connectivity index (χ1n) is 12.7. The number of hydrogen-bond donors (Lipinski definition) is 1. The summed E-state index contributed by atoms with van der Waals surface area (Å²) in [7, 11) is 3.50. The summed E-state index contributed by atoms with van der Waals surface area (Å²) in [5, 5.41) is 9.02. The molecule has 6 rings (SSSR count). The second-order valence-electron chi connectivity index (χ2n) is 10.7. The van der Waals surface area contributed by atoms with Crippen LogP contribution in [0, 0.1) is 5.41 Å². The maximum atomic E-state index is 13.1. The van der Waals surface area contributed by atoms with E-state index in [1.54, 1.807) is 35.9 Å². The number of nitrogens with zero attached hydrogens (tertiary/aromatic N) is 6. The number of ether oxygens (including phenoxy) is 1. The van der Waals surface area contributed by atoms with Crippen LogP contribution in [0.1, 0.15) is 52.0 Å². The number of alkyl halides is 3. The topological polar surface area (TPSA) is 121 Å². The number of carbonyl (C=O) groups excluding carboxylic acids is 2. The number of primary amides is 1. The number of pyridine rings is 1. The molecular weight excluding hydrogens is 527 g/mol. The van der Waals surface area contributed by atoms with Gasteiger partial charge in [-0.2, -0.15) is 28.4 Å². The zero-order chi connectivity index (χ0) is 28.4. The molecule has 0 aliphatic heterocycles. The van der Waals surface area contributed by atoms with Gasteiger partial charge in [0.2, 0.25) is 5.88 Å². The third-order valence-corrected chi connectivity index (χ3v) is 8.03. The average molecular weight is 554 g/mol. The monoisotopic (exact) mass is 553 g/mol. The lowest BCUT2D eigenvalue weighted by Crippen LogP contribution is -2.59. The number of aryl methyl sites for hydroxylation is 1. The third-order valence-electron chi connectivity index (χ3n) is 8.03. The SMILES string of the molecule is CN(C(=O)c1cnn(-c2ccc(C(F)(F)F)cc2)c1)C1CC2(CC(Oc3nc4c(cnn4C)cc3C(N)=O)C2)C1. The molecular formula is C27H26F3N7O3. The van der Waals surface area contributed by atoms with Crippen LogP contribution in [0.5, 0.6) is 5.88 Å². The molecule has 10 nitrogen and oxygen atoms in total. The van der Waals surface area contributed by atoms with Crippen LogP contribution in [-0.2, 0) is 13.2 Å². The van der Waals surface area contributed by atoms with Gasteiger partial charge in [-0.05, 0) is 61.4 Å². The van der Waals surface area contributed by atoms with E-state index in [-0.39, 0.29) is 34.9 Å². The number of hydrogen-bond acceptors (Lipinski definition) is 6. The number of benzene rings is 1. The van der Waals surface area contributed by atoms with Gasteiger partial charge in [-0.1, -0.05) is 0 Å². The van der Waals surface area contributed by atoms with Crippen LogP contribution in [-0.4, -0.2) is 60.5 Å². The highest BCUT2D eigenvalue weighted by Gasteiger charge is 2.55. The molecule has 0 bridgehead atoms. The van der Waals surface area contributed by atoms with Crippen molar-refractivity contribution < 1.29 is 27.5 Å².